The molecule has 0 saturated heterocycles. The summed E-state index contributed by atoms with van der Waals surface area (Å²) in [5.74, 6) is 0.357. The number of hydrogen-bond acceptors (Lipinski definition) is 3. The van der Waals surface area contributed by atoms with Crippen LogP contribution in [0.1, 0.15) is 0 Å². The summed E-state index contributed by atoms with van der Waals surface area (Å²) in [6.45, 7) is 0. The van der Waals surface area contributed by atoms with Gasteiger partial charge in [-0.25, -0.2) is 4.39 Å². The Labute approximate surface area is 125 Å². The van der Waals surface area contributed by atoms with Crippen molar-refractivity contribution < 1.29 is 4.39 Å². The van der Waals surface area contributed by atoms with Gasteiger partial charge in [0.15, 0.2) is 0 Å². The lowest BCUT2D eigenvalue weighted by Gasteiger charge is -2.05. The minimum atomic E-state index is -0.240. The van der Waals surface area contributed by atoms with Crippen molar-refractivity contribution in [3.63, 3.8) is 0 Å². The van der Waals surface area contributed by atoms with Gasteiger partial charge in [-0.1, -0.05) is 0 Å². The summed E-state index contributed by atoms with van der Waals surface area (Å²) >= 11 is 0. The number of hydrogen-bond donors (Lipinski definition) is 0. The maximum absolute atomic E-state index is 13.1. The fourth-order valence-corrected chi connectivity index (χ4v) is 2.51. The van der Waals surface area contributed by atoms with Gasteiger partial charge < -0.3 is 4.57 Å². The van der Waals surface area contributed by atoms with Crippen molar-refractivity contribution in [2.75, 3.05) is 0 Å². The van der Waals surface area contributed by atoms with Crippen molar-refractivity contribution in [2.45, 2.75) is 0 Å². The number of rotatable bonds is 2. The molecule has 0 bridgehead atoms. The minimum absolute atomic E-state index is 0.240. The van der Waals surface area contributed by atoms with Gasteiger partial charge in [-0.3, -0.25) is 0 Å². The quantitative estimate of drug-likeness (QED) is 0.571. The molecule has 0 unspecified atom stereocenters. The van der Waals surface area contributed by atoms with E-state index in [9.17, 15) is 4.39 Å². The van der Waals surface area contributed by atoms with E-state index >= 15 is 0 Å². The van der Waals surface area contributed by atoms with E-state index < -0.39 is 0 Å². The summed E-state index contributed by atoms with van der Waals surface area (Å²) in [5.41, 5.74) is 2.87. The molecule has 0 fully saturated rings. The van der Waals surface area contributed by atoms with Crippen molar-refractivity contribution in [3.8, 4) is 17.1 Å². The Kier molecular flexibility index (Phi) is 2.75. The van der Waals surface area contributed by atoms with Crippen LogP contribution >= 0.6 is 0 Å². The Morgan fingerprint density at radius 1 is 1.00 bits per heavy atom. The third-order valence-corrected chi connectivity index (χ3v) is 3.56. The SMILES string of the molecule is Cn1nnc(-c2ccc3c(ccn3-c3ccc(F)cc3)c2)n1. The molecule has 5 nitrogen and oxygen atoms in total. The fourth-order valence-electron chi connectivity index (χ4n) is 2.51. The number of tetrazole rings is 1. The summed E-state index contributed by atoms with van der Waals surface area (Å²) in [5, 5.41) is 13.1. The highest BCUT2D eigenvalue weighted by Crippen LogP contribution is 2.25. The van der Waals surface area contributed by atoms with E-state index in [2.05, 4.69) is 15.4 Å². The average molecular weight is 293 g/mol. The van der Waals surface area contributed by atoms with Crippen LogP contribution in [-0.4, -0.2) is 24.8 Å². The summed E-state index contributed by atoms with van der Waals surface area (Å²) in [7, 11) is 1.74. The van der Waals surface area contributed by atoms with E-state index in [0.29, 0.717) is 5.82 Å². The van der Waals surface area contributed by atoms with Crippen molar-refractivity contribution in [2.24, 2.45) is 7.05 Å². The molecular formula is C16H12FN5. The van der Waals surface area contributed by atoms with E-state index in [1.807, 2.05) is 35.0 Å². The second kappa shape index (κ2) is 4.77. The molecular weight excluding hydrogens is 281 g/mol. The first-order chi connectivity index (χ1) is 10.7. The highest BCUT2D eigenvalue weighted by Gasteiger charge is 2.08. The highest BCUT2D eigenvalue weighted by atomic mass is 19.1. The van der Waals surface area contributed by atoms with Crippen LogP contribution in [0.15, 0.2) is 54.7 Å². The Morgan fingerprint density at radius 2 is 1.82 bits per heavy atom. The van der Waals surface area contributed by atoms with E-state index in [4.69, 9.17) is 0 Å². The molecule has 108 valence electrons. The number of aromatic nitrogens is 5. The molecule has 6 heteroatoms. The number of fused-ring (bicyclic) bond motifs is 1. The third-order valence-electron chi connectivity index (χ3n) is 3.56. The Balaban J connectivity index is 1.82. The zero-order chi connectivity index (χ0) is 15.1. The Morgan fingerprint density at radius 3 is 2.55 bits per heavy atom. The summed E-state index contributed by atoms with van der Waals surface area (Å²) < 4.78 is 15.1. The van der Waals surface area contributed by atoms with Gasteiger partial charge in [0.05, 0.1) is 12.6 Å². The average Bonchev–Trinajstić information content (AvgIpc) is 3.14. The minimum Gasteiger partial charge on any atom is -0.317 e. The monoisotopic (exact) mass is 293 g/mol. The van der Waals surface area contributed by atoms with Crippen LogP contribution in [0.25, 0.3) is 28.0 Å². The Bertz CT molecular complexity index is 952. The number of nitrogens with zero attached hydrogens (tertiary/aromatic N) is 5. The Hall–Kier alpha value is -3.02. The molecule has 0 radical (unpaired) electrons. The smallest absolute Gasteiger partial charge is 0.204 e. The molecule has 0 spiro atoms. The molecule has 0 aliphatic heterocycles. The normalized spacial score (nSPS) is 11.2. The van der Waals surface area contributed by atoms with Crippen molar-refractivity contribution >= 4 is 10.9 Å². The van der Waals surface area contributed by atoms with Crippen molar-refractivity contribution in [1.82, 2.24) is 24.8 Å². The van der Waals surface area contributed by atoms with Gasteiger partial charge in [-0.15, -0.1) is 10.2 Å². The van der Waals surface area contributed by atoms with Gasteiger partial charge in [-0.05, 0) is 53.7 Å². The molecule has 22 heavy (non-hydrogen) atoms. The van der Waals surface area contributed by atoms with Crippen LogP contribution in [0.5, 0.6) is 0 Å². The van der Waals surface area contributed by atoms with Crippen molar-refractivity contribution in [1.29, 1.82) is 0 Å². The van der Waals surface area contributed by atoms with Gasteiger partial charge in [0.2, 0.25) is 5.82 Å². The van der Waals surface area contributed by atoms with E-state index in [1.54, 1.807) is 19.2 Å². The topological polar surface area (TPSA) is 48.5 Å². The number of benzene rings is 2. The van der Waals surface area contributed by atoms with Crippen LogP contribution in [0.4, 0.5) is 4.39 Å². The van der Waals surface area contributed by atoms with Gasteiger partial charge in [0, 0.05) is 22.8 Å². The van der Waals surface area contributed by atoms with E-state index in [0.717, 1.165) is 22.2 Å². The molecule has 0 aliphatic rings. The van der Waals surface area contributed by atoms with Gasteiger partial charge in [0.25, 0.3) is 0 Å². The van der Waals surface area contributed by atoms with Crippen LogP contribution in [0, 0.1) is 5.82 Å². The zero-order valence-electron chi connectivity index (χ0n) is 11.8. The maximum atomic E-state index is 13.1. The van der Waals surface area contributed by atoms with E-state index in [1.165, 1.54) is 16.9 Å². The standard InChI is InChI=1S/C16H12FN5/c1-21-19-16(18-20-21)12-2-7-15-11(10-12)8-9-22(15)14-5-3-13(17)4-6-14/h2-10H,1H3. The second-order valence-electron chi connectivity index (χ2n) is 5.04. The van der Waals surface area contributed by atoms with Gasteiger partial charge in [0.1, 0.15) is 5.82 Å². The van der Waals surface area contributed by atoms with Crippen LogP contribution in [0.2, 0.25) is 0 Å². The fraction of sp³-hybridized carbons (Fsp3) is 0.0625. The van der Waals surface area contributed by atoms with Crippen LogP contribution in [0.3, 0.4) is 0 Å². The molecule has 4 rings (SSSR count). The highest BCUT2D eigenvalue weighted by molar-refractivity contribution is 5.85. The zero-order valence-corrected chi connectivity index (χ0v) is 11.8. The lowest BCUT2D eigenvalue weighted by molar-refractivity contribution is 0.627. The molecule has 0 aliphatic carbocycles. The molecule has 0 amide bonds. The third kappa shape index (κ3) is 2.05. The first-order valence-electron chi connectivity index (χ1n) is 6.82. The largest absolute Gasteiger partial charge is 0.317 e. The molecule has 2 aromatic carbocycles. The van der Waals surface area contributed by atoms with Crippen LogP contribution < -0.4 is 0 Å². The first-order valence-corrected chi connectivity index (χ1v) is 6.82. The predicted octanol–water partition coefficient (Wildman–Crippen LogP) is 2.96. The van der Waals surface area contributed by atoms with Crippen LogP contribution in [-0.2, 0) is 7.05 Å². The number of halogens is 1. The van der Waals surface area contributed by atoms with Crippen molar-refractivity contribution in [3.05, 3.63) is 60.5 Å². The molecule has 0 atom stereocenters. The molecule has 4 aromatic rings. The van der Waals surface area contributed by atoms with Gasteiger partial charge >= 0.3 is 0 Å². The summed E-state index contributed by atoms with van der Waals surface area (Å²) in [6.07, 6.45) is 1.96. The summed E-state index contributed by atoms with van der Waals surface area (Å²) in [6, 6.07) is 14.4. The predicted molar refractivity (Wildman–Crippen MR) is 81.0 cm³/mol. The molecule has 0 N–H and O–H groups in total. The second-order valence-corrected chi connectivity index (χ2v) is 5.04. The van der Waals surface area contributed by atoms with E-state index in [-0.39, 0.29) is 5.82 Å². The lowest BCUT2D eigenvalue weighted by atomic mass is 10.1. The van der Waals surface area contributed by atoms with Gasteiger partial charge in [-0.2, -0.15) is 4.80 Å². The maximum Gasteiger partial charge on any atom is 0.204 e. The molecule has 2 aromatic heterocycles. The number of aryl methyl sites for hydroxylation is 1. The molecule has 0 saturated carbocycles. The molecule has 2 heterocycles. The first kappa shape index (κ1) is 12.7. The summed E-state index contributed by atoms with van der Waals surface area (Å²) in [4.78, 5) is 1.43. The lowest BCUT2D eigenvalue weighted by Crippen LogP contribution is -1.92.